The minimum atomic E-state index is -1.82. The van der Waals surface area contributed by atoms with Crippen LogP contribution in [-0.4, -0.2) is 8.07 Å². The normalized spacial score (nSPS) is 20.9. The monoisotopic (exact) mass is 492 g/mol. The lowest BCUT2D eigenvalue weighted by atomic mass is 9.70. The van der Waals surface area contributed by atoms with Crippen LogP contribution in [0.25, 0.3) is 16.7 Å². The maximum absolute atomic E-state index is 2.60. The summed E-state index contributed by atoms with van der Waals surface area (Å²) in [7, 11) is -1.82. The van der Waals surface area contributed by atoms with Crippen molar-refractivity contribution >= 4 is 30.0 Å². The van der Waals surface area contributed by atoms with E-state index >= 15 is 0 Å². The Bertz CT molecular complexity index is 1740. The molecule has 4 aromatic carbocycles. The maximum Gasteiger partial charge on any atom is 0.0897 e. The average Bonchev–Trinajstić information content (AvgIpc) is 3.15. The van der Waals surface area contributed by atoms with Crippen LogP contribution in [0.2, 0.25) is 18.6 Å². The van der Waals surface area contributed by atoms with Crippen LogP contribution in [0.1, 0.15) is 27.8 Å². The van der Waals surface area contributed by atoms with E-state index in [4.69, 9.17) is 0 Å². The second kappa shape index (κ2) is 8.16. The fraction of sp³-hybridized carbons (Fsp3) is 0.167. The first-order valence-corrected chi connectivity index (χ1v) is 16.5. The highest BCUT2D eigenvalue weighted by atomic mass is 28.3. The van der Waals surface area contributed by atoms with Crippen LogP contribution in [0.3, 0.4) is 0 Å². The number of aryl methyl sites for hydroxylation is 2. The molecule has 1 heterocycles. The Morgan fingerprint density at radius 1 is 0.568 bits per heavy atom. The zero-order valence-corrected chi connectivity index (χ0v) is 23.0. The number of benzene rings is 4. The van der Waals surface area contributed by atoms with Crippen molar-refractivity contribution in [2.24, 2.45) is 5.92 Å². The molecule has 0 N–H and O–H groups in total. The molecule has 4 aromatic rings. The zero-order chi connectivity index (χ0) is 25.3. The molecule has 0 bridgehead atoms. The average molecular weight is 493 g/mol. The third-order valence-corrected chi connectivity index (χ3v) is 13.0. The molecular formula is C36H32Si. The molecule has 0 saturated carbocycles. The predicted molar refractivity (Wildman–Crippen MR) is 160 cm³/mol. The van der Waals surface area contributed by atoms with Crippen molar-refractivity contribution in [1.29, 1.82) is 0 Å². The number of rotatable bonds is 2. The third kappa shape index (κ3) is 3.27. The molecule has 2 aliphatic carbocycles. The van der Waals surface area contributed by atoms with Gasteiger partial charge in [-0.25, -0.2) is 0 Å². The Balaban J connectivity index is 1.62. The fourth-order valence-electron chi connectivity index (χ4n) is 7.20. The van der Waals surface area contributed by atoms with Crippen LogP contribution in [0.4, 0.5) is 0 Å². The van der Waals surface area contributed by atoms with Crippen LogP contribution in [0, 0.1) is 19.8 Å². The van der Waals surface area contributed by atoms with E-state index in [9.17, 15) is 0 Å². The smallest absolute Gasteiger partial charge is 0.0649 e. The topological polar surface area (TPSA) is 0 Å². The van der Waals surface area contributed by atoms with Gasteiger partial charge in [-0.1, -0.05) is 139 Å². The van der Waals surface area contributed by atoms with Gasteiger partial charge in [0, 0.05) is 5.92 Å². The number of hydrogen-bond acceptors (Lipinski definition) is 0. The zero-order valence-electron chi connectivity index (χ0n) is 22.0. The van der Waals surface area contributed by atoms with E-state index in [1.807, 2.05) is 0 Å². The standard InChI is InChI=1S/C36H32Si/c1-23-13-17-25(18-14-23)33-28-10-5-6-11-29(28)34(26-19-15-24(2)16-20-26)35-31(33)22-21-30-27-9-7-8-12-32(27)37(3,4)36(30)35/h5-22,35-36H,1-4H3. The maximum atomic E-state index is 2.60. The Morgan fingerprint density at radius 3 is 1.84 bits per heavy atom. The molecule has 1 heteroatoms. The van der Waals surface area contributed by atoms with Gasteiger partial charge in [-0.15, -0.1) is 0 Å². The summed E-state index contributed by atoms with van der Waals surface area (Å²) in [6.07, 6.45) is 4.92. The van der Waals surface area contributed by atoms with Gasteiger partial charge in [-0.05, 0) is 68.8 Å². The quantitative estimate of drug-likeness (QED) is 0.275. The summed E-state index contributed by atoms with van der Waals surface area (Å²) in [5.74, 6) is 0.336. The van der Waals surface area contributed by atoms with E-state index in [1.165, 1.54) is 55.0 Å². The molecule has 0 nitrogen and oxygen atoms in total. The first kappa shape index (κ1) is 22.5. The summed E-state index contributed by atoms with van der Waals surface area (Å²) in [6, 6.07) is 36.8. The van der Waals surface area contributed by atoms with Crippen molar-refractivity contribution in [3.63, 3.8) is 0 Å². The lowest BCUT2D eigenvalue weighted by Gasteiger charge is -2.41. The molecule has 2 atom stereocenters. The van der Waals surface area contributed by atoms with E-state index in [0.717, 1.165) is 0 Å². The third-order valence-electron chi connectivity index (χ3n) is 8.94. The Hall–Kier alpha value is -3.68. The van der Waals surface area contributed by atoms with E-state index in [2.05, 4.69) is 136 Å². The number of hydrogen-bond donors (Lipinski definition) is 0. The van der Waals surface area contributed by atoms with E-state index in [-0.39, 0.29) is 0 Å². The molecule has 0 fully saturated rings. The van der Waals surface area contributed by atoms with Gasteiger partial charge in [0.1, 0.15) is 0 Å². The van der Waals surface area contributed by atoms with Gasteiger partial charge in [-0.2, -0.15) is 0 Å². The first-order chi connectivity index (χ1) is 17.9. The second-order valence-corrected chi connectivity index (χ2v) is 16.1. The van der Waals surface area contributed by atoms with Gasteiger partial charge < -0.3 is 0 Å². The van der Waals surface area contributed by atoms with Crippen molar-refractivity contribution in [3.8, 4) is 0 Å². The molecule has 0 spiro atoms. The lowest BCUT2D eigenvalue weighted by molar-refractivity contribution is 0.793. The minimum absolute atomic E-state index is 0.336. The van der Waals surface area contributed by atoms with E-state index in [0.29, 0.717) is 11.5 Å². The largest absolute Gasteiger partial charge is 0.0897 e. The summed E-state index contributed by atoms with van der Waals surface area (Å²) in [4.78, 5) is 0. The fourth-order valence-corrected chi connectivity index (χ4v) is 11.2. The minimum Gasteiger partial charge on any atom is -0.0649 e. The van der Waals surface area contributed by atoms with E-state index in [1.54, 1.807) is 10.8 Å². The molecule has 0 aromatic heterocycles. The first-order valence-electron chi connectivity index (χ1n) is 13.4. The lowest BCUT2D eigenvalue weighted by Crippen LogP contribution is -2.48. The molecular weight excluding hydrogens is 460 g/mol. The van der Waals surface area contributed by atoms with Crippen molar-refractivity contribution < 1.29 is 0 Å². The van der Waals surface area contributed by atoms with Crippen molar-refractivity contribution in [2.75, 3.05) is 0 Å². The van der Waals surface area contributed by atoms with Crippen LogP contribution in [0.5, 0.6) is 0 Å². The molecule has 180 valence electrons. The molecule has 7 rings (SSSR count). The van der Waals surface area contributed by atoms with E-state index < -0.39 is 8.07 Å². The second-order valence-electron chi connectivity index (χ2n) is 11.5. The Kier molecular flexibility index (Phi) is 4.97. The van der Waals surface area contributed by atoms with Gasteiger partial charge in [0.2, 0.25) is 0 Å². The highest BCUT2D eigenvalue weighted by Crippen LogP contribution is 2.57. The molecule has 3 aliphatic rings. The van der Waals surface area contributed by atoms with Gasteiger partial charge in [0.05, 0.1) is 8.07 Å². The summed E-state index contributed by atoms with van der Waals surface area (Å²) >= 11 is 0. The molecule has 0 amide bonds. The van der Waals surface area contributed by atoms with Crippen LogP contribution in [-0.2, 0) is 0 Å². The van der Waals surface area contributed by atoms with Crippen LogP contribution < -0.4 is 15.6 Å². The van der Waals surface area contributed by atoms with Crippen molar-refractivity contribution in [2.45, 2.75) is 32.5 Å². The van der Waals surface area contributed by atoms with Gasteiger partial charge in [-0.3, -0.25) is 0 Å². The molecule has 37 heavy (non-hydrogen) atoms. The molecule has 0 radical (unpaired) electrons. The molecule has 1 aliphatic heterocycles. The summed E-state index contributed by atoms with van der Waals surface area (Å²) in [5, 5.41) is 4.36. The van der Waals surface area contributed by atoms with Crippen LogP contribution in [0.15, 0.2) is 115 Å². The highest BCUT2D eigenvalue weighted by Gasteiger charge is 2.52. The molecule has 2 unspecified atom stereocenters. The highest BCUT2D eigenvalue weighted by molar-refractivity contribution is 6.95. The van der Waals surface area contributed by atoms with Crippen molar-refractivity contribution in [1.82, 2.24) is 0 Å². The summed E-state index contributed by atoms with van der Waals surface area (Å²) in [6.45, 7) is 9.55. The Morgan fingerprint density at radius 2 is 1.14 bits per heavy atom. The summed E-state index contributed by atoms with van der Waals surface area (Å²) < 4.78 is 0. The van der Waals surface area contributed by atoms with Gasteiger partial charge in [0.15, 0.2) is 0 Å². The van der Waals surface area contributed by atoms with Gasteiger partial charge in [0.25, 0.3) is 0 Å². The predicted octanol–water partition coefficient (Wildman–Crippen LogP) is 6.65. The van der Waals surface area contributed by atoms with Crippen molar-refractivity contribution in [3.05, 3.63) is 153 Å². The molecule has 0 saturated heterocycles. The summed E-state index contributed by atoms with van der Waals surface area (Å²) in [5.41, 5.74) is 13.2. The number of fused-ring (bicyclic) bond motifs is 6. The SMILES string of the molecule is Cc1ccc(C2=c3ccccc3=C(c3ccc(C)cc3)C3C2=CC=C2c4ccccc4[Si](C)(C)C23)cc1. The van der Waals surface area contributed by atoms with Gasteiger partial charge >= 0.3 is 0 Å². The van der Waals surface area contributed by atoms with Crippen LogP contribution >= 0.6 is 0 Å². The number of allylic oxidation sites excluding steroid dienone is 4. The Labute approximate surface area is 221 Å².